The van der Waals surface area contributed by atoms with Crippen molar-refractivity contribution < 1.29 is 18.7 Å². The van der Waals surface area contributed by atoms with Gasteiger partial charge in [-0.15, -0.1) is 0 Å². The topological polar surface area (TPSA) is 40.5 Å². The Balaban J connectivity index is 1.57. The molecule has 1 fully saturated rings. The molecule has 32 heavy (non-hydrogen) atoms. The molecule has 1 heterocycles. The van der Waals surface area contributed by atoms with E-state index in [-0.39, 0.29) is 29.5 Å². The van der Waals surface area contributed by atoms with Crippen molar-refractivity contribution >= 4 is 11.6 Å². The predicted molar refractivity (Wildman–Crippen MR) is 121 cm³/mol. The van der Waals surface area contributed by atoms with E-state index in [4.69, 9.17) is 0 Å². The highest BCUT2D eigenvalue weighted by molar-refractivity contribution is 6.03. The highest BCUT2D eigenvalue weighted by atomic mass is 19.1. The van der Waals surface area contributed by atoms with Gasteiger partial charge in [0.1, 0.15) is 11.6 Å². The first kappa shape index (κ1) is 22.2. The van der Waals surface area contributed by atoms with E-state index in [1.165, 1.54) is 29.8 Å². The molecule has 0 bridgehead atoms. The molecule has 3 aromatic rings. The van der Waals surface area contributed by atoms with Gasteiger partial charge in [0.2, 0.25) is 5.91 Å². The lowest BCUT2D eigenvalue weighted by atomic mass is 9.78. The van der Waals surface area contributed by atoms with Crippen LogP contribution < -0.4 is 4.90 Å². The molecule has 0 unspecified atom stereocenters. The number of aliphatic hydroxyl groups is 1. The second-order valence-electron chi connectivity index (χ2n) is 8.38. The molecule has 0 radical (unpaired) electrons. The molecule has 166 valence electrons. The smallest absolute Gasteiger partial charge is 0.233 e. The lowest BCUT2D eigenvalue weighted by Crippen LogP contribution is -2.55. The summed E-state index contributed by atoms with van der Waals surface area (Å²) in [5.74, 6) is -1.01. The van der Waals surface area contributed by atoms with Crippen LogP contribution in [0.1, 0.15) is 55.0 Å². The van der Waals surface area contributed by atoms with Gasteiger partial charge >= 0.3 is 0 Å². The number of hydrogen-bond donors (Lipinski definition) is 1. The van der Waals surface area contributed by atoms with Gasteiger partial charge in [0.05, 0.1) is 18.1 Å². The maximum Gasteiger partial charge on any atom is 0.233 e. The van der Waals surface area contributed by atoms with E-state index in [0.717, 1.165) is 18.4 Å². The van der Waals surface area contributed by atoms with Crippen molar-refractivity contribution in [2.24, 2.45) is 5.92 Å². The maximum atomic E-state index is 13.4. The van der Waals surface area contributed by atoms with Crippen LogP contribution in [0.3, 0.4) is 0 Å². The van der Waals surface area contributed by atoms with E-state index in [1.54, 1.807) is 29.2 Å². The molecule has 0 spiro atoms. The largest absolute Gasteiger partial charge is 0.388 e. The van der Waals surface area contributed by atoms with Crippen molar-refractivity contribution in [3.8, 4) is 0 Å². The molecule has 3 atom stereocenters. The van der Waals surface area contributed by atoms with E-state index in [1.807, 2.05) is 12.1 Å². The van der Waals surface area contributed by atoms with Gasteiger partial charge in [-0.25, -0.2) is 8.78 Å². The third-order valence-electron chi connectivity index (χ3n) is 6.16. The molecule has 3 nitrogen and oxygen atoms in total. The fourth-order valence-electron chi connectivity index (χ4n) is 4.51. The zero-order valence-corrected chi connectivity index (χ0v) is 18.0. The summed E-state index contributed by atoms with van der Waals surface area (Å²) in [7, 11) is 0. The molecule has 1 saturated heterocycles. The normalized spacial score (nSPS) is 19.0. The van der Waals surface area contributed by atoms with Gasteiger partial charge in [-0.1, -0.05) is 49.7 Å². The third kappa shape index (κ3) is 4.58. The van der Waals surface area contributed by atoms with Crippen molar-refractivity contribution in [1.29, 1.82) is 0 Å². The quantitative estimate of drug-likeness (QED) is 0.432. The van der Waals surface area contributed by atoms with Crippen LogP contribution in [0.15, 0.2) is 72.8 Å². The van der Waals surface area contributed by atoms with Gasteiger partial charge in [0.25, 0.3) is 0 Å². The Morgan fingerprint density at radius 3 is 2.28 bits per heavy atom. The second kappa shape index (κ2) is 9.61. The minimum atomic E-state index is -0.768. The first-order chi connectivity index (χ1) is 15.5. The standard InChI is InChI=1S/C27H27F2NO2/c1-2-4-18-5-3-6-20(17-18)26-24(15-16-25(31)19-7-9-21(28)10-8-19)27(32)30(26)23-13-11-22(29)12-14-23/h3,5-14,17,24-26,31H,2,4,15-16H2,1H3/t24-,25+,26-/m1/s1. The fraction of sp³-hybridized carbons (Fsp3) is 0.296. The number of benzene rings is 3. The van der Waals surface area contributed by atoms with Gasteiger partial charge in [-0.2, -0.15) is 0 Å². The number of hydrogen-bond acceptors (Lipinski definition) is 2. The van der Waals surface area contributed by atoms with Crippen LogP contribution in [0.25, 0.3) is 0 Å². The van der Waals surface area contributed by atoms with Crippen LogP contribution in [0.4, 0.5) is 14.5 Å². The number of aliphatic hydroxyl groups excluding tert-OH is 1. The van der Waals surface area contributed by atoms with Crippen molar-refractivity contribution in [3.05, 3.63) is 101 Å². The molecule has 4 rings (SSSR count). The number of anilines is 1. The Hall–Kier alpha value is -3.05. The Bertz CT molecular complexity index is 1070. The lowest BCUT2D eigenvalue weighted by Gasteiger charge is -2.48. The molecular weight excluding hydrogens is 408 g/mol. The molecule has 3 aromatic carbocycles. The summed E-state index contributed by atoms with van der Waals surface area (Å²) in [6.45, 7) is 2.13. The van der Waals surface area contributed by atoms with Crippen LogP contribution in [0.2, 0.25) is 0 Å². The average molecular weight is 436 g/mol. The number of rotatable bonds is 8. The summed E-state index contributed by atoms with van der Waals surface area (Å²) in [4.78, 5) is 14.9. The molecule has 0 aromatic heterocycles. The Labute approximate surface area is 187 Å². The van der Waals surface area contributed by atoms with E-state index in [0.29, 0.717) is 24.1 Å². The monoisotopic (exact) mass is 435 g/mol. The minimum Gasteiger partial charge on any atom is -0.388 e. The van der Waals surface area contributed by atoms with E-state index >= 15 is 0 Å². The van der Waals surface area contributed by atoms with Crippen molar-refractivity contribution in [1.82, 2.24) is 0 Å². The summed E-state index contributed by atoms with van der Waals surface area (Å²) in [6.07, 6.45) is 2.11. The fourth-order valence-corrected chi connectivity index (χ4v) is 4.51. The van der Waals surface area contributed by atoms with Crippen molar-refractivity contribution in [2.45, 2.75) is 44.8 Å². The molecule has 1 aliphatic heterocycles. The first-order valence-corrected chi connectivity index (χ1v) is 11.1. The number of carbonyl (C=O) groups is 1. The minimum absolute atomic E-state index is 0.0335. The maximum absolute atomic E-state index is 13.4. The van der Waals surface area contributed by atoms with E-state index in [2.05, 4.69) is 19.1 Å². The summed E-state index contributed by atoms with van der Waals surface area (Å²) >= 11 is 0. The van der Waals surface area contributed by atoms with Crippen molar-refractivity contribution in [2.75, 3.05) is 4.90 Å². The number of aryl methyl sites for hydroxylation is 1. The van der Waals surface area contributed by atoms with E-state index in [9.17, 15) is 18.7 Å². The van der Waals surface area contributed by atoms with Crippen LogP contribution >= 0.6 is 0 Å². The zero-order valence-electron chi connectivity index (χ0n) is 18.0. The average Bonchev–Trinajstić information content (AvgIpc) is 2.79. The zero-order chi connectivity index (χ0) is 22.7. The molecule has 0 aliphatic carbocycles. The highest BCUT2D eigenvalue weighted by Crippen LogP contribution is 2.46. The van der Waals surface area contributed by atoms with Crippen LogP contribution in [-0.2, 0) is 11.2 Å². The molecule has 1 aliphatic rings. The summed E-state index contributed by atoms with van der Waals surface area (Å²) < 4.78 is 26.6. The number of amides is 1. The highest BCUT2D eigenvalue weighted by Gasteiger charge is 2.48. The Morgan fingerprint density at radius 2 is 1.62 bits per heavy atom. The van der Waals surface area contributed by atoms with Crippen LogP contribution in [-0.4, -0.2) is 11.0 Å². The molecular formula is C27H27F2NO2. The number of carbonyl (C=O) groups excluding carboxylic acids is 1. The van der Waals surface area contributed by atoms with Crippen LogP contribution in [0, 0.1) is 17.6 Å². The predicted octanol–water partition coefficient (Wildman–Crippen LogP) is 6.14. The lowest BCUT2D eigenvalue weighted by molar-refractivity contribution is -0.131. The Kier molecular flexibility index (Phi) is 6.66. The van der Waals surface area contributed by atoms with Gasteiger partial charge in [0.15, 0.2) is 0 Å². The van der Waals surface area contributed by atoms with Gasteiger partial charge in [-0.3, -0.25) is 4.79 Å². The molecule has 1 amide bonds. The SMILES string of the molecule is CCCc1cccc([C@@H]2[C@@H](CC[C@H](O)c3ccc(F)cc3)C(=O)N2c2ccc(F)cc2)c1. The first-order valence-electron chi connectivity index (χ1n) is 11.1. The summed E-state index contributed by atoms with van der Waals surface area (Å²) in [6, 6.07) is 19.8. The summed E-state index contributed by atoms with van der Waals surface area (Å²) in [5.41, 5.74) is 3.56. The van der Waals surface area contributed by atoms with Gasteiger partial charge in [-0.05, 0) is 72.4 Å². The molecule has 5 heteroatoms. The van der Waals surface area contributed by atoms with Gasteiger partial charge in [0, 0.05) is 5.69 Å². The van der Waals surface area contributed by atoms with Gasteiger partial charge < -0.3 is 10.0 Å². The second-order valence-corrected chi connectivity index (χ2v) is 8.38. The number of halogens is 2. The Morgan fingerprint density at radius 1 is 0.969 bits per heavy atom. The molecule has 0 saturated carbocycles. The molecule has 1 N–H and O–H groups in total. The van der Waals surface area contributed by atoms with Crippen LogP contribution in [0.5, 0.6) is 0 Å². The van der Waals surface area contributed by atoms with Crippen molar-refractivity contribution in [3.63, 3.8) is 0 Å². The van der Waals surface area contributed by atoms with E-state index < -0.39 is 6.10 Å². The number of β-lactam (4-membered cyclic amide) rings is 1. The summed E-state index contributed by atoms with van der Waals surface area (Å²) in [5, 5.41) is 10.6. The third-order valence-corrected chi connectivity index (χ3v) is 6.16. The number of nitrogens with zero attached hydrogens (tertiary/aromatic N) is 1.